The van der Waals surface area contributed by atoms with Crippen molar-refractivity contribution < 1.29 is 9.28 Å². The molecule has 1 aromatic carbocycles. The minimum atomic E-state index is -0.846. The van der Waals surface area contributed by atoms with Gasteiger partial charge in [-0.25, -0.2) is 0 Å². The Hall–Kier alpha value is -0.800. The largest absolute Gasteiger partial charge is 0.282 e. The van der Waals surface area contributed by atoms with Crippen LogP contribution in [0.3, 0.4) is 0 Å². The van der Waals surface area contributed by atoms with E-state index in [4.69, 9.17) is 23.2 Å². The van der Waals surface area contributed by atoms with Crippen molar-refractivity contribution in [3.63, 3.8) is 0 Å². The number of unbranched alkanes of at least 4 members (excludes halogenated alkanes) is 2. The second-order valence-electron chi connectivity index (χ2n) is 5.51. The second kappa shape index (κ2) is 7.28. The Morgan fingerprint density at radius 1 is 1.20 bits per heavy atom. The highest BCUT2D eigenvalue weighted by molar-refractivity contribution is 6.35. The lowest BCUT2D eigenvalue weighted by Crippen LogP contribution is -2.42. The molecular formula is C15H20Cl2FNO. The molecule has 0 radical (unpaired) electrons. The average molecular weight is 320 g/mol. The number of benzene rings is 1. The molecule has 20 heavy (non-hydrogen) atoms. The molecule has 0 heterocycles. The topological polar surface area (TPSA) is 20.3 Å². The summed E-state index contributed by atoms with van der Waals surface area (Å²) in [7, 11) is 0. The fourth-order valence-corrected chi connectivity index (χ4v) is 2.50. The van der Waals surface area contributed by atoms with E-state index in [0.717, 1.165) is 19.3 Å². The maximum absolute atomic E-state index is 14.3. The molecule has 0 unspecified atom stereocenters. The molecule has 0 aliphatic carbocycles. The highest BCUT2D eigenvalue weighted by atomic mass is 35.5. The lowest BCUT2D eigenvalue weighted by atomic mass is 9.96. The van der Waals surface area contributed by atoms with Crippen molar-refractivity contribution in [3.05, 3.63) is 33.8 Å². The van der Waals surface area contributed by atoms with Gasteiger partial charge >= 0.3 is 0 Å². The zero-order valence-electron chi connectivity index (χ0n) is 12.0. The van der Waals surface area contributed by atoms with Gasteiger partial charge in [-0.3, -0.25) is 4.79 Å². The summed E-state index contributed by atoms with van der Waals surface area (Å²) in [5.74, 6) is -0.712. The minimum Gasteiger partial charge on any atom is -0.266 e. The Bertz CT molecular complexity index is 457. The van der Waals surface area contributed by atoms with Crippen LogP contribution in [0.5, 0.6) is 0 Å². The summed E-state index contributed by atoms with van der Waals surface area (Å²) in [6.45, 7) is 5.51. The van der Waals surface area contributed by atoms with E-state index in [0.29, 0.717) is 16.5 Å². The van der Waals surface area contributed by atoms with Gasteiger partial charge in [-0.2, -0.15) is 5.12 Å². The molecule has 0 saturated carbocycles. The summed E-state index contributed by atoms with van der Waals surface area (Å²) < 4.78 is 14.3. The molecular weight excluding hydrogens is 300 g/mol. The first-order chi connectivity index (χ1) is 9.27. The number of carbonyl (C=O) groups excluding carboxylic acids is 1. The van der Waals surface area contributed by atoms with Crippen LogP contribution >= 0.6 is 23.2 Å². The molecule has 0 N–H and O–H groups in total. The fraction of sp³-hybridized carbons (Fsp3) is 0.533. The monoisotopic (exact) mass is 319 g/mol. The molecule has 1 amide bonds. The van der Waals surface area contributed by atoms with Crippen LogP contribution in [0.25, 0.3) is 0 Å². The van der Waals surface area contributed by atoms with Crippen LogP contribution < -0.4 is 0 Å². The highest BCUT2D eigenvalue weighted by Gasteiger charge is 2.32. The van der Waals surface area contributed by atoms with Gasteiger partial charge in [0, 0.05) is 15.6 Å². The quantitative estimate of drug-likeness (QED) is 0.488. The van der Waals surface area contributed by atoms with E-state index in [1.807, 2.05) is 0 Å². The first-order valence-corrected chi connectivity index (χ1v) is 7.50. The molecule has 0 aromatic heterocycles. The third kappa shape index (κ3) is 4.64. The first-order valence-electron chi connectivity index (χ1n) is 6.74. The molecule has 1 aromatic rings. The smallest absolute Gasteiger partial charge is 0.266 e. The molecule has 0 saturated heterocycles. The third-order valence-electron chi connectivity index (χ3n) is 3.21. The van der Waals surface area contributed by atoms with Gasteiger partial charge in [-0.05, 0) is 38.5 Å². The Labute approximate surface area is 129 Å². The van der Waals surface area contributed by atoms with Gasteiger partial charge < -0.3 is 0 Å². The molecule has 0 bridgehead atoms. The number of hydrogen-bond donors (Lipinski definition) is 0. The zero-order chi connectivity index (χ0) is 15.3. The van der Waals surface area contributed by atoms with Gasteiger partial charge in [0.15, 0.2) is 0 Å². The average Bonchev–Trinajstić information content (AvgIpc) is 2.36. The van der Waals surface area contributed by atoms with E-state index >= 15 is 0 Å². The van der Waals surface area contributed by atoms with Crippen LogP contribution in [0.1, 0.15) is 56.8 Å². The number of halogens is 3. The predicted octanol–water partition coefficient (Wildman–Crippen LogP) is 5.68. The van der Waals surface area contributed by atoms with E-state index in [1.165, 1.54) is 18.2 Å². The van der Waals surface area contributed by atoms with Gasteiger partial charge in [-0.15, -0.1) is 0 Å². The normalized spacial score (nSPS) is 11.5. The Balaban J connectivity index is 2.84. The van der Waals surface area contributed by atoms with Crippen LogP contribution in [-0.2, 0) is 0 Å². The van der Waals surface area contributed by atoms with Gasteiger partial charge in [0.1, 0.15) is 0 Å². The number of amides is 1. The van der Waals surface area contributed by atoms with Crippen LogP contribution in [0.15, 0.2) is 18.2 Å². The molecule has 1 rings (SSSR count). The minimum absolute atomic E-state index is 0.161. The van der Waals surface area contributed by atoms with Gasteiger partial charge in [0.05, 0.1) is 5.54 Å². The zero-order valence-corrected chi connectivity index (χ0v) is 13.6. The van der Waals surface area contributed by atoms with E-state index in [1.54, 1.807) is 13.8 Å². The van der Waals surface area contributed by atoms with Gasteiger partial charge in [0.25, 0.3) is 5.91 Å². The van der Waals surface area contributed by atoms with E-state index in [-0.39, 0.29) is 10.7 Å². The Morgan fingerprint density at radius 2 is 1.75 bits per heavy atom. The summed E-state index contributed by atoms with van der Waals surface area (Å²) in [5.41, 5.74) is -0.685. The Kier molecular flexibility index (Phi) is 6.28. The fourth-order valence-electron chi connectivity index (χ4n) is 1.97. The van der Waals surface area contributed by atoms with Crippen LogP contribution in [0.2, 0.25) is 10.0 Å². The molecule has 2 nitrogen and oxygen atoms in total. The number of nitrogens with zero attached hydrogens (tertiary/aromatic N) is 1. The SMILES string of the molecule is CCCCCC(C)(C)N(F)C(=O)c1cc(Cl)cc(Cl)c1. The van der Waals surface area contributed by atoms with Crippen molar-refractivity contribution in [2.75, 3.05) is 0 Å². The van der Waals surface area contributed by atoms with Crippen molar-refractivity contribution in [1.82, 2.24) is 5.12 Å². The molecule has 0 fully saturated rings. The van der Waals surface area contributed by atoms with Gasteiger partial charge in [-0.1, -0.05) is 53.9 Å². The number of carbonyl (C=O) groups is 1. The van der Waals surface area contributed by atoms with Crippen LogP contribution in [-0.4, -0.2) is 16.6 Å². The number of rotatable bonds is 6. The van der Waals surface area contributed by atoms with Gasteiger partial charge in [0.2, 0.25) is 0 Å². The summed E-state index contributed by atoms with van der Waals surface area (Å²) >= 11 is 11.7. The van der Waals surface area contributed by atoms with Crippen molar-refractivity contribution in [2.24, 2.45) is 0 Å². The Morgan fingerprint density at radius 3 is 2.25 bits per heavy atom. The standard InChI is InChI=1S/C15H20Cl2FNO/c1-4-5-6-7-15(2,3)19(18)14(20)11-8-12(16)10-13(17)9-11/h8-10H,4-7H2,1-3H3. The molecule has 0 aliphatic heterocycles. The molecule has 0 spiro atoms. The molecule has 0 atom stereocenters. The predicted molar refractivity (Wildman–Crippen MR) is 82.0 cm³/mol. The van der Waals surface area contributed by atoms with E-state index in [9.17, 15) is 9.28 Å². The maximum Gasteiger partial charge on any atom is 0.282 e. The van der Waals surface area contributed by atoms with Crippen molar-refractivity contribution >= 4 is 29.1 Å². The lowest BCUT2D eigenvalue weighted by Gasteiger charge is -2.31. The molecule has 0 aliphatic rings. The van der Waals surface area contributed by atoms with E-state index < -0.39 is 11.4 Å². The van der Waals surface area contributed by atoms with Crippen molar-refractivity contribution in [3.8, 4) is 0 Å². The van der Waals surface area contributed by atoms with Crippen molar-refractivity contribution in [1.29, 1.82) is 0 Å². The second-order valence-corrected chi connectivity index (χ2v) is 6.39. The molecule has 112 valence electrons. The van der Waals surface area contributed by atoms with Crippen LogP contribution in [0, 0.1) is 0 Å². The summed E-state index contributed by atoms with van der Waals surface area (Å²) in [5, 5.41) is 0.918. The lowest BCUT2D eigenvalue weighted by molar-refractivity contribution is -0.0433. The molecule has 5 heteroatoms. The first kappa shape index (κ1) is 17.3. The van der Waals surface area contributed by atoms with Crippen LogP contribution in [0.4, 0.5) is 4.48 Å². The third-order valence-corrected chi connectivity index (χ3v) is 3.65. The summed E-state index contributed by atoms with van der Waals surface area (Å²) in [6.07, 6.45) is 3.57. The maximum atomic E-state index is 14.3. The van der Waals surface area contributed by atoms with Crippen molar-refractivity contribution in [2.45, 2.75) is 52.0 Å². The summed E-state index contributed by atoms with van der Waals surface area (Å²) in [6, 6.07) is 4.35. The highest BCUT2D eigenvalue weighted by Crippen LogP contribution is 2.27. The number of hydrogen-bond acceptors (Lipinski definition) is 1. The summed E-state index contributed by atoms with van der Waals surface area (Å²) in [4.78, 5) is 12.2. The van der Waals surface area contributed by atoms with E-state index in [2.05, 4.69) is 6.92 Å².